The van der Waals surface area contributed by atoms with Crippen molar-refractivity contribution >= 4 is 33.9 Å². The summed E-state index contributed by atoms with van der Waals surface area (Å²) in [6.07, 6.45) is 3.80. The molecule has 6 nitrogen and oxygen atoms in total. The number of fused-ring (bicyclic) bond motifs is 1. The summed E-state index contributed by atoms with van der Waals surface area (Å²) >= 11 is 1.17. The second-order valence-corrected chi connectivity index (χ2v) is 6.60. The van der Waals surface area contributed by atoms with Crippen molar-refractivity contribution in [2.45, 2.75) is 6.92 Å². The highest BCUT2D eigenvalue weighted by Gasteiger charge is 2.25. The summed E-state index contributed by atoms with van der Waals surface area (Å²) in [5.74, 6) is 0.0400. The molecule has 0 aliphatic carbocycles. The molecular formula is C17H17N5OS. The molecule has 0 spiro atoms. The van der Waals surface area contributed by atoms with Gasteiger partial charge in [0.2, 0.25) is 0 Å². The topological polar surface area (TPSA) is 62.2 Å². The minimum atomic E-state index is 0.0400. The van der Waals surface area contributed by atoms with Crippen LogP contribution in [0.1, 0.15) is 15.4 Å². The van der Waals surface area contributed by atoms with Crippen LogP contribution in [0.25, 0.3) is 10.8 Å². The summed E-state index contributed by atoms with van der Waals surface area (Å²) in [5.41, 5.74) is 1.85. The first-order valence-electron chi connectivity index (χ1n) is 7.90. The lowest BCUT2D eigenvalue weighted by Crippen LogP contribution is -2.48. The van der Waals surface area contributed by atoms with Gasteiger partial charge in [-0.3, -0.25) is 9.78 Å². The largest absolute Gasteiger partial charge is 0.366 e. The number of amides is 1. The van der Waals surface area contributed by atoms with Gasteiger partial charge >= 0.3 is 0 Å². The Morgan fingerprint density at radius 1 is 1.12 bits per heavy atom. The fourth-order valence-corrected chi connectivity index (χ4v) is 3.70. The maximum atomic E-state index is 12.6. The number of anilines is 1. The molecule has 4 rings (SSSR count). The minimum absolute atomic E-state index is 0.0400. The number of benzene rings is 1. The first kappa shape index (κ1) is 15.0. The fraction of sp³-hybridized carbons (Fsp3) is 0.294. The first-order chi connectivity index (χ1) is 11.7. The minimum Gasteiger partial charge on any atom is -0.366 e. The summed E-state index contributed by atoms with van der Waals surface area (Å²) in [5, 5.41) is 6.27. The lowest BCUT2D eigenvalue weighted by atomic mass is 10.1. The van der Waals surface area contributed by atoms with E-state index in [9.17, 15) is 4.79 Å². The molecule has 0 saturated carbocycles. The molecule has 24 heavy (non-hydrogen) atoms. The van der Waals surface area contributed by atoms with Crippen molar-refractivity contribution in [3.8, 4) is 0 Å². The summed E-state index contributed by atoms with van der Waals surface area (Å²) < 4.78 is 3.86. The Bertz CT molecular complexity index is 880. The van der Waals surface area contributed by atoms with Gasteiger partial charge in [-0.1, -0.05) is 28.8 Å². The highest BCUT2D eigenvalue weighted by atomic mass is 32.1. The van der Waals surface area contributed by atoms with Gasteiger partial charge < -0.3 is 9.80 Å². The number of hydrogen-bond acceptors (Lipinski definition) is 6. The second kappa shape index (κ2) is 6.16. The Morgan fingerprint density at radius 3 is 2.67 bits per heavy atom. The van der Waals surface area contributed by atoms with E-state index in [1.165, 1.54) is 16.9 Å². The molecule has 0 radical (unpaired) electrons. The van der Waals surface area contributed by atoms with Gasteiger partial charge in [-0.25, -0.2) is 0 Å². The van der Waals surface area contributed by atoms with Gasteiger partial charge in [-0.15, -0.1) is 5.10 Å². The molecule has 1 fully saturated rings. The normalized spacial score (nSPS) is 15.0. The zero-order valence-electron chi connectivity index (χ0n) is 13.3. The van der Waals surface area contributed by atoms with Crippen LogP contribution >= 0.6 is 11.5 Å². The molecule has 7 heteroatoms. The third-order valence-corrected chi connectivity index (χ3v) is 5.22. The zero-order chi connectivity index (χ0) is 16.5. The number of carbonyl (C=O) groups is 1. The number of hydrogen-bond donors (Lipinski definition) is 0. The van der Waals surface area contributed by atoms with E-state index in [1.54, 1.807) is 0 Å². The Labute approximate surface area is 143 Å². The third-order valence-electron chi connectivity index (χ3n) is 4.40. The SMILES string of the molecule is Cc1nnsc1C(=O)N1CCN(c2cncc3ccccc23)CC1. The Kier molecular flexibility index (Phi) is 3.86. The van der Waals surface area contributed by atoms with Crippen LogP contribution in [0.2, 0.25) is 0 Å². The maximum Gasteiger partial charge on any atom is 0.267 e. The van der Waals surface area contributed by atoms with Crippen LogP contribution in [0.5, 0.6) is 0 Å². The molecule has 122 valence electrons. The summed E-state index contributed by atoms with van der Waals surface area (Å²) in [4.78, 5) is 21.8. The molecule has 3 heterocycles. The van der Waals surface area contributed by atoms with Crippen LogP contribution in [0, 0.1) is 6.92 Å². The molecule has 3 aromatic rings. The average Bonchev–Trinajstić information content (AvgIpc) is 3.07. The Balaban J connectivity index is 1.52. The molecule has 0 unspecified atom stereocenters. The highest BCUT2D eigenvalue weighted by molar-refractivity contribution is 7.07. The van der Waals surface area contributed by atoms with Crippen LogP contribution in [0.4, 0.5) is 5.69 Å². The highest BCUT2D eigenvalue weighted by Crippen LogP contribution is 2.26. The van der Waals surface area contributed by atoms with E-state index in [0.29, 0.717) is 23.7 Å². The molecule has 0 N–H and O–H groups in total. The van der Waals surface area contributed by atoms with Gasteiger partial charge in [-0.2, -0.15) is 0 Å². The van der Waals surface area contributed by atoms with Crippen molar-refractivity contribution in [1.29, 1.82) is 0 Å². The summed E-state index contributed by atoms with van der Waals surface area (Å²) in [6.45, 7) is 4.81. The number of rotatable bonds is 2. The van der Waals surface area contributed by atoms with Crippen LogP contribution in [-0.2, 0) is 0 Å². The molecule has 1 saturated heterocycles. The molecule has 0 bridgehead atoms. The van der Waals surface area contributed by atoms with Crippen molar-refractivity contribution in [2.75, 3.05) is 31.1 Å². The van der Waals surface area contributed by atoms with Crippen LogP contribution in [0.15, 0.2) is 36.7 Å². The average molecular weight is 339 g/mol. The molecule has 1 aliphatic heterocycles. The van der Waals surface area contributed by atoms with Crippen LogP contribution < -0.4 is 4.90 Å². The van der Waals surface area contributed by atoms with Crippen LogP contribution in [0.3, 0.4) is 0 Å². The van der Waals surface area contributed by atoms with E-state index in [1.807, 2.05) is 36.4 Å². The second-order valence-electron chi connectivity index (χ2n) is 5.85. The van der Waals surface area contributed by atoms with E-state index in [0.717, 1.165) is 24.2 Å². The number of nitrogens with zero attached hydrogens (tertiary/aromatic N) is 5. The molecule has 1 aliphatic rings. The van der Waals surface area contributed by atoms with Crippen LogP contribution in [-0.4, -0.2) is 51.6 Å². The first-order valence-corrected chi connectivity index (χ1v) is 8.67. The van der Waals surface area contributed by atoms with Gasteiger partial charge in [0.15, 0.2) is 0 Å². The van der Waals surface area contributed by atoms with E-state index >= 15 is 0 Å². The zero-order valence-corrected chi connectivity index (χ0v) is 14.2. The van der Waals surface area contributed by atoms with Gasteiger partial charge in [0.1, 0.15) is 4.88 Å². The van der Waals surface area contributed by atoms with Crippen molar-refractivity contribution in [3.63, 3.8) is 0 Å². The van der Waals surface area contributed by atoms with E-state index in [2.05, 4.69) is 31.6 Å². The number of aryl methyl sites for hydroxylation is 1. The molecule has 0 atom stereocenters. The van der Waals surface area contributed by atoms with Gasteiger partial charge in [0, 0.05) is 43.1 Å². The number of aromatic nitrogens is 3. The number of carbonyl (C=O) groups excluding carboxylic acids is 1. The monoisotopic (exact) mass is 339 g/mol. The van der Waals surface area contributed by atoms with Crippen molar-refractivity contribution in [2.24, 2.45) is 0 Å². The van der Waals surface area contributed by atoms with E-state index in [4.69, 9.17) is 0 Å². The van der Waals surface area contributed by atoms with E-state index in [-0.39, 0.29) is 5.91 Å². The summed E-state index contributed by atoms with van der Waals surface area (Å²) in [7, 11) is 0. The van der Waals surface area contributed by atoms with E-state index < -0.39 is 0 Å². The van der Waals surface area contributed by atoms with Gasteiger partial charge in [-0.05, 0) is 18.5 Å². The van der Waals surface area contributed by atoms with Gasteiger partial charge in [0.25, 0.3) is 5.91 Å². The number of piperazine rings is 1. The predicted molar refractivity (Wildman–Crippen MR) is 94.5 cm³/mol. The van der Waals surface area contributed by atoms with Gasteiger partial charge in [0.05, 0.1) is 17.6 Å². The lowest BCUT2D eigenvalue weighted by molar-refractivity contribution is 0.0751. The fourth-order valence-electron chi connectivity index (χ4n) is 3.07. The summed E-state index contributed by atoms with van der Waals surface area (Å²) in [6, 6.07) is 8.27. The Hall–Kier alpha value is -2.54. The molecule has 1 amide bonds. The van der Waals surface area contributed by atoms with Crippen molar-refractivity contribution in [3.05, 3.63) is 47.2 Å². The molecule has 1 aromatic carbocycles. The smallest absolute Gasteiger partial charge is 0.267 e. The Morgan fingerprint density at radius 2 is 1.92 bits per heavy atom. The molecule has 2 aromatic heterocycles. The van der Waals surface area contributed by atoms with Crippen molar-refractivity contribution in [1.82, 2.24) is 19.5 Å². The standard InChI is InChI=1S/C17H17N5OS/c1-12-16(24-20-19-12)17(23)22-8-6-21(7-9-22)15-11-18-10-13-4-2-3-5-14(13)15/h2-5,10-11H,6-9H2,1H3. The predicted octanol–water partition coefficient (Wildman–Crippen LogP) is 2.36. The third kappa shape index (κ3) is 2.60. The lowest BCUT2D eigenvalue weighted by Gasteiger charge is -2.36. The maximum absolute atomic E-state index is 12.6. The van der Waals surface area contributed by atoms with Crippen molar-refractivity contribution < 1.29 is 4.79 Å². The number of pyridine rings is 1. The molecular weight excluding hydrogens is 322 g/mol. The quantitative estimate of drug-likeness (QED) is 0.717.